The van der Waals surface area contributed by atoms with Crippen molar-refractivity contribution in [3.8, 4) is 11.5 Å². The third-order valence-electron chi connectivity index (χ3n) is 3.37. The predicted molar refractivity (Wildman–Crippen MR) is 87.7 cm³/mol. The van der Waals surface area contributed by atoms with Gasteiger partial charge >= 0.3 is 6.61 Å². The van der Waals surface area contributed by atoms with E-state index in [1.807, 2.05) is 0 Å². The molecule has 0 radical (unpaired) electrons. The summed E-state index contributed by atoms with van der Waals surface area (Å²) in [7, 11) is 4.89. The van der Waals surface area contributed by atoms with Crippen molar-refractivity contribution < 1.29 is 18.3 Å². The molecule has 2 aromatic rings. The molecule has 0 atom stereocenters. The standard InChI is InChI=1S/C15H20F2N6O2/c1-18-15(20-8-13-21-9-22-23(13)2)19-7-10-6-11(24-3)4-5-12(10)25-14(16)17/h4-6,9,14H,7-8H2,1-3H3,(H2,18,19,20). The topological polar surface area (TPSA) is 85.6 Å². The van der Waals surface area contributed by atoms with Gasteiger partial charge in [0.15, 0.2) is 5.96 Å². The van der Waals surface area contributed by atoms with Gasteiger partial charge in [-0.05, 0) is 18.2 Å². The highest BCUT2D eigenvalue weighted by atomic mass is 19.3. The van der Waals surface area contributed by atoms with Gasteiger partial charge in [-0.15, -0.1) is 0 Å². The van der Waals surface area contributed by atoms with Crippen LogP contribution in [-0.4, -0.2) is 41.5 Å². The molecule has 0 unspecified atom stereocenters. The summed E-state index contributed by atoms with van der Waals surface area (Å²) >= 11 is 0. The highest BCUT2D eigenvalue weighted by Crippen LogP contribution is 2.25. The normalized spacial score (nSPS) is 11.5. The van der Waals surface area contributed by atoms with Gasteiger partial charge in [-0.1, -0.05) is 0 Å². The zero-order chi connectivity index (χ0) is 18.2. The lowest BCUT2D eigenvalue weighted by Crippen LogP contribution is -2.37. The van der Waals surface area contributed by atoms with Crippen molar-refractivity contribution >= 4 is 5.96 Å². The molecule has 2 rings (SSSR count). The number of methoxy groups -OCH3 is 1. The summed E-state index contributed by atoms with van der Waals surface area (Å²) in [5, 5.41) is 10.1. The van der Waals surface area contributed by atoms with Gasteiger partial charge in [-0.3, -0.25) is 9.67 Å². The molecule has 8 nitrogen and oxygen atoms in total. The van der Waals surface area contributed by atoms with Crippen LogP contribution in [-0.2, 0) is 20.1 Å². The van der Waals surface area contributed by atoms with Crippen molar-refractivity contribution in [3.63, 3.8) is 0 Å². The Hall–Kier alpha value is -2.91. The monoisotopic (exact) mass is 354 g/mol. The van der Waals surface area contributed by atoms with E-state index in [2.05, 4.69) is 30.4 Å². The molecular weight excluding hydrogens is 334 g/mol. The summed E-state index contributed by atoms with van der Waals surface area (Å²) in [6.07, 6.45) is 1.46. The fourth-order valence-corrected chi connectivity index (χ4v) is 2.07. The van der Waals surface area contributed by atoms with E-state index < -0.39 is 6.61 Å². The summed E-state index contributed by atoms with van der Waals surface area (Å²) in [6.45, 7) is -2.27. The largest absolute Gasteiger partial charge is 0.497 e. The first-order valence-corrected chi connectivity index (χ1v) is 7.42. The summed E-state index contributed by atoms with van der Waals surface area (Å²) in [4.78, 5) is 8.18. The van der Waals surface area contributed by atoms with Crippen molar-refractivity contribution in [2.75, 3.05) is 14.2 Å². The molecule has 0 saturated heterocycles. The second-order valence-electron chi connectivity index (χ2n) is 4.93. The molecule has 2 N–H and O–H groups in total. The number of aromatic nitrogens is 3. The number of hydrogen-bond donors (Lipinski definition) is 2. The van der Waals surface area contributed by atoms with E-state index >= 15 is 0 Å². The number of nitrogens with zero attached hydrogens (tertiary/aromatic N) is 4. The van der Waals surface area contributed by atoms with Gasteiger partial charge in [0.2, 0.25) is 0 Å². The van der Waals surface area contributed by atoms with E-state index in [9.17, 15) is 8.78 Å². The van der Waals surface area contributed by atoms with Crippen LogP contribution < -0.4 is 20.1 Å². The lowest BCUT2D eigenvalue weighted by atomic mass is 10.2. The van der Waals surface area contributed by atoms with Crippen molar-refractivity contribution in [3.05, 3.63) is 35.9 Å². The third-order valence-corrected chi connectivity index (χ3v) is 3.37. The number of halogens is 2. The van der Waals surface area contributed by atoms with Crippen LogP contribution in [0.1, 0.15) is 11.4 Å². The Morgan fingerprint density at radius 2 is 2.08 bits per heavy atom. The molecule has 0 amide bonds. The van der Waals surface area contributed by atoms with Crippen molar-refractivity contribution in [1.29, 1.82) is 0 Å². The second-order valence-corrected chi connectivity index (χ2v) is 4.93. The average Bonchev–Trinajstić information content (AvgIpc) is 3.00. The van der Waals surface area contributed by atoms with Crippen LogP contribution >= 0.6 is 0 Å². The number of hydrogen-bond acceptors (Lipinski definition) is 5. The van der Waals surface area contributed by atoms with Gasteiger partial charge in [0.05, 0.1) is 13.7 Å². The van der Waals surface area contributed by atoms with Crippen molar-refractivity contribution in [2.24, 2.45) is 12.0 Å². The fraction of sp³-hybridized carbons (Fsp3) is 0.400. The number of aryl methyl sites for hydroxylation is 1. The van der Waals surface area contributed by atoms with Crippen LogP contribution in [0.4, 0.5) is 8.78 Å². The van der Waals surface area contributed by atoms with Crippen LogP contribution in [0.2, 0.25) is 0 Å². The number of alkyl halides is 2. The van der Waals surface area contributed by atoms with E-state index in [0.29, 0.717) is 23.8 Å². The molecule has 0 saturated carbocycles. The molecule has 0 aliphatic rings. The molecule has 1 aromatic carbocycles. The van der Waals surface area contributed by atoms with Gasteiger partial charge in [-0.2, -0.15) is 13.9 Å². The Kier molecular flexibility index (Phi) is 6.49. The van der Waals surface area contributed by atoms with Crippen LogP contribution in [0.3, 0.4) is 0 Å². The fourth-order valence-electron chi connectivity index (χ4n) is 2.07. The van der Waals surface area contributed by atoms with E-state index in [1.165, 1.54) is 19.5 Å². The van der Waals surface area contributed by atoms with E-state index in [-0.39, 0.29) is 12.3 Å². The molecule has 136 valence electrons. The van der Waals surface area contributed by atoms with Gasteiger partial charge in [0.1, 0.15) is 23.7 Å². The van der Waals surface area contributed by atoms with E-state index in [0.717, 1.165) is 5.82 Å². The quantitative estimate of drug-likeness (QED) is 0.576. The smallest absolute Gasteiger partial charge is 0.387 e. The first kappa shape index (κ1) is 18.4. The van der Waals surface area contributed by atoms with Crippen LogP contribution in [0.5, 0.6) is 11.5 Å². The second kappa shape index (κ2) is 8.81. The van der Waals surface area contributed by atoms with Crippen molar-refractivity contribution in [2.45, 2.75) is 19.7 Å². The maximum Gasteiger partial charge on any atom is 0.387 e. The maximum atomic E-state index is 12.5. The minimum atomic E-state index is -2.90. The van der Waals surface area contributed by atoms with Crippen LogP contribution in [0.15, 0.2) is 29.5 Å². The molecule has 1 heterocycles. The Morgan fingerprint density at radius 3 is 2.68 bits per heavy atom. The summed E-state index contributed by atoms with van der Waals surface area (Å²) in [5.74, 6) is 1.83. The Bertz CT molecular complexity index is 720. The van der Waals surface area contributed by atoms with Crippen LogP contribution in [0.25, 0.3) is 0 Å². The van der Waals surface area contributed by atoms with E-state index in [1.54, 1.807) is 30.9 Å². The van der Waals surface area contributed by atoms with Crippen molar-refractivity contribution in [1.82, 2.24) is 25.4 Å². The number of benzene rings is 1. The summed E-state index contributed by atoms with van der Waals surface area (Å²) in [5.41, 5.74) is 0.515. The Balaban J connectivity index is 2.01. The molecule has 0 spiro atoms. The summed E-state index contributed by atoms with van der Waals surface area (Å²) < 4.78 is 36.4. The molecule has 0 aliphatic heterocycles. The highest BCUT2D eigenvalue weighted by Gasteiger charge is 2.12. The molecule has 1 aromatic heterocycles. The van der Waals surface area contributed by atoms with Crippen LogP contribution in [0, 0.1) is 0 Å². The first-order valence-electron chi connectivity index (χ1n) is 7.42. The Morgan fingerprint density at radius 1 is 1.32 bits per heavy atom. The predicted octanol–water partition coefficient (Wildman–Crippen LogP) is 1.29. The molecule has 0 aliphatic carbocycles. The van der Waals surface area contributed by atoms with Gasteiger partial charge in [0, 0.05) is 26.2 Å². The molecule has 10 heteroatoms. The number of nitrogens with one attached hydrogen (secondary N) is 2. The maximum absolute atomic E-state index is 12.5. The molecule has 0 bridgehead atoms. The number of aliphatic imine (C=N–C) groups is 1. The van der Waals surface area contributed by atoms with E-state index in [4.69, 9.17) is 4.74 Å². The van der Waals surface area contributed by atoms with Gasteiger partial charge in [0.25, 0.3) is 0 Å². The number of ether oxygens (including phenoxy) is 2. The zero-order valence-corrected chi connectivity index (χ0v) is 14.2. The highest BCUT2D eigenvalue weighted by molar-refractivity contribution is 5.79. The minimum Gasteiger partial charge on any atom is -0.497 e. The van der Waals surface area contributed by atoms with Gasteiger partial charge in [-0.25, -0.2) is 4.98 Å². The molecular formula is C15H20F2N6O2. The van der Waals surface area contributed by atoms with Gasteiger partial charge < -0.3 is 20.1 Å². The zero-order valence-electron chi connectivity index (χ0n) is 14.2. The Labute approximate surface area is 143 Å². The average molecular weight is 354 g/mol. The first-order chi connectivity index (χ1) is 12.0. The third kappa shape index (κ3) is 5.30. The minimum absolute atomic E-state index is 0.0760. The summed E-state index contributed by atoms with van der Waals surface area (Å²) in [6, 6.07) is 4.63. The lowest BCUT2D eigenvalue weighted by molar-refractivity contribution is -0.0504. The SMILES string of the molecule is CN=C(NCc1cc(OC)ccc1OC(F)F)NCc1ncnn1C. The number of guanidine groups is 1. The number of rotatable bonds is 7. The molecule has 25 heavy (non-hydrogen) atoms. The molecule has 0 fully saturated rings. The lowest BCUT2D eigenvalue weighted by Gasteiger charge is -2.15.